The zero-order chi connectivity index (χ0) is 13.0. The predicted molar refractivity (Wildman–Crippen MR) is 85.8 cm³/mol. The Balaban J connectivity index is 2.03. The van der Waals surface area contributed by atoms with Crippen LogP contribution in [0.25, 0.3) is 0 Å². The van der Waals surface area contributed by atoms with Gasteiger partial charge in [0.1, 0.15) is 0 Å². The molecule has 2 rings (SSSR count). The maximum absolute atomic E-state index is 3.62. The first kappa shape index (κ1) is 14.3. The largest absolute Gasteiger partial charge is 0.310 e. The van der Waals surface area contributed by atoms with Crippen molar-refractivity contribution in [2.45, 2.75) is 32.7 Å². The summed E-state index contributed by atoms with van der Waals surface area (Å²) in [6.07, 6.45) is 2.31. The highest BCUT2D eigenvalue weighted by molar-refractivity contribution is 9.11. The third kappa shape index (κ3) is 3.67. The summed E-state index contributed by atoms with van der Waals surface area (Å²) in [5.41, 5.74) is 2.80. The van der Waals surface area contributed by atoms with Crippen LogP contribution in [0.5, 0.6) is 0 Å². The van der Waals surface area contributed by atoms with Gasteiger partial charge >= 0.3 is 0 Å². The van der Waals surface area contributed by atoms with Crippen molar-refractivity contribution in [2.24, 2.45) is 0 Å². The van der Waals surface area contributed by atoms with Crippen LogP contribution in [0.4, 0.5) is 0 Å². The number of thiophene rings is 2. The quantitative estimate of drug-likeness (QED) is 0.763. The number of nitrogens with one attached hydrogen (secondary N) is 1. The van der Waals surface area contributed by atoms with E-state index < -0.39 is 0 Å². The Morgan fingerprint density at radius 3 is 2.83 bits per heavy atom. The minimum absolute atomic E-state index is 0.477. The van der Waals surface area contributed by atoms with Crippen molar-refractivity contribution in [1.82, 2.24) is 5.32 Å². The molecule has 2 heterocycles. The van der Waals surface area contributed by atoms with Crippen molar-refractivity contribution in [3.05, 3.63) is 42.7 Å². The van der Waals surface area contributed by atoms with E-state index in [1.807, 2.05) is 11.3 Å². The molecular weight excluding hydrogens is 326 g/mol. The second-order valence-corrected chi connectivity index (χ2v) is 7.57. The van der Waals surface area contributed by atoms with Gasteiger partial charge in [-0.25, -0.2) is 0 Å². The lowest BCUT2D eigenvalue weighted by Gasteiger charge is -2.15. The van der Waals surface area contributed by atoms with Crippen LogP contribution in [0.3, 0.4) is 0 Å². The second kappa shape index (κ2) is 6.85. The van der Waals surface area contributed by atoms with E-state index in [0.29, 0.717) is 6.04 Å². The summed E-state index contributed by atoms with van der Waals surface area (Å²) >= 11 is 7.26. The molecule has 0 saturated heterocycles. The summed E-state index contributed by atoms with van der Waals surface area (Å²) in [5.74, 6) is 0. The van der Waals surface area contributed by atoms with Crippen molar-refractivity contribution < 1.29 is 0 Å². The van der Waals surface area contributed by atoms with Gasteiger partial charge in [0, 0.05) is 10.9 Å². The molecule has 1 nitrogen and oxygen atoms in total. The second-order valence-electron chi connectivity index (χ2n) is 4.39. The Morgan fingerprint density at radius 2 is 2.28 bits per heavy atom. The normalized spacial score (nSPS) is 12.8. The first-order chi connectivity index (χ1) is 8.70. The molecule has 0 aliphatic carbocycles. The van der Waals surface area contributed by atoms with E-state index in [-0.39, 0.29) is 0 Å². The molecule has 0 amide bonds. The Kier molecular flexibility index (Phi) is 5.42. The molecule has 0 radical (unpaired) electrons. The average molecular weight is 344 g/mol. The zero-order valence-corrected chi connectivity index (χ0v) is 13.9. The smallest absolute Gasteiger partial charge is 0.0731 e. The molecule has 0 fully saturated rings. The first-order valence-corrected chi connectivity index (χ1v) is 8.76. The summed E-state index contributed by atoms with van der Waals surface area (Å²) < 4.78 is 1.26. The highest BCUT2D eigenvalue weighted by Crippen LogP contribution is 2.33. The first-order valence-electron chi connectivity index (χ1n) is 6.21. The summed E-state index contributed by atoms with van der Waals surface area (Å²) in [6.45, 7) is 5.35. The van der Waals surface area contributed by atoms with Gasteiger partial charge in [-0.1, -0.05) is 6.92 Å². The molecule has 0 aliphatic heterocycles. The average Bonchev–Trinajstić information content (AvgIpc) is 2.96. The van der Waals surface area contributed by atoms with Crippen molar-refractivity contribution >= 4 is 38.6 Å². The van der Waals surface area contributed by atoms with Crippen LogP contribution >= 0.6 is 38.6 Å². The van der Waals surface area contributed by atoms with Crippen LogP contribution in [0, 0.1) is 6.92 Å². The molecule has 98 valence electrons. The molecule has 1 atom stereocenters. The molecular formula is C14H18BrNS2. The van der Waals surface area contributed by atoms with E-state index >= 15 is 0 Å². The molecule has 4 heteroatoms. The number of rotatable bonds is 6. The molecule has 1 N–H and O–H groups in total. The van der Waals surface area contributed by atoms with Gasteiger partial charge in [-0.2, -0.15) is 11.3 Å². The fourth-order valence-corrected chi connectivity index (χ4v) is 4.38. The third-order valence-corrected chi connectivity index (χ3v) is 5.95. The Labute approximate surface area is 125 Å². The standard InChI is InChI=1S/C14H18BrNS2/c1-3-16-12(5-4-11-6-7-17-9-11)13-8-10(2)14(15)18-13/h6-9,12,16H,3-5H2,1-2H3. The van der Waals surface area contributed by atoms with Crippen molar-refractivity contribution in [3.8, 4) is 0 Å². The molecule has 0 saturated carbocycles. The summed E-state index contributed by atoms with van der Waals surface area (Å²) in [5, 5.41) is 8.00. The van der Waals surface area contributed by atoms with Crippen molar-refractivity contribution in [2.75, 3.05) is 6.54 Å². The Morgan fingerprint density at radius 1 is 1.44 bits per heavy atom. The number of hydrogen-bond acceptors (Lipinski definition) is 3. The lowest BCUT2D eigenvalue weighted by molar-refractivity contribution is 0.523. The van der Waals surface area contributed by atoms with E-state index in [2.05, 4.69) is 58.0 Å². The van der Waals surface area contributed by atoms with Crippen LogP contribution in [0.2, 0.25) is 0 Å². The topological polar surface area (TPSA) is 12.0 Å². The maximum Gasteiger partial charge on any atom is 0.0731 e. The summed E-state index contributed by atoms with van der Waals surface area (Å²) in [7, 11) is 0. The van der Waals surface area contributed by atoms with Gasteiger partial charge < -0.3 is 5.32 Å². The molecule has 2 aromatic rings. The summed E-state index contributed by atoms with van der Waals surface area (Å²) in [6, 6.07) is 5.00. The molecule has 0 aliphatic rings. The fraction of sp³-hybridized carbons (Fsp3) is 0.429. The van der Waals surface area contributed by atoms with Gasteiger partial charge in [-0.05, 0) is 76.3 Å². The minimum atomic E-state index is 0.477. The number of aryl methyl sites for hydroxylation is 2. The van der Waals surface area contributed by atoms with Gasteiger partial charge in [-0.3, -0.25) is 0 Å². The van der Waals surface area contributed by atoms with Gasteiger partial charge in [0.15, 0.2) is 0 Å². The van der Waals surface area contributed by atoms with E-state index in [1.165, 1.54) is 19.8 Å². The van der Waals surface area contributed by atoms with Crippen molar-refractivity contribution in [1.29, 1.82) is 0 Å². The minimum Gasteiger partial charge on any atom is -0.310 e. The highest BCUT2D eigenvalue weighted by atomic mass is 79.9. The fourth-order valence-electron chi connectivity index (χ4n) is 1.99. The molecule has 2 aromatic heterocycles. The Bertz CT molecular complexity index is 456. The van der Waals surface area contributed by atoms with E-state index in [0.717, 1.165) is 19.4 Å². The van der Waals surface area contributed by atoms with Crippen LogP contribution < -0.4 is 5.32 Å². The third-order valence-electron chi connectivity index (χ3n) is 2.97. The van der Waals surface area contributed by atoms with Crippen LogP contribution in [0.15, 0.2) is 26.7 Å². The van der Waals surface area contributed by atoms with Crippen LogP contribution in [-0.4, -0.2) is 6.54 Å². The molecule has 0 spiro atoms. The van der Waals surface area contributed by atoms with Gasteiger partial charge in [0.2, 0.25) is 0 Å². The maximum atomic E-state index is 3.62. The molecule has 0 aromatic carbocycles. The lowest BCUT2D eigenvalue weighted by Crippen LogP contribution is -2.20. The highest BCUT2D eigenvalue weighted by Gasteiger charge is 2.14. The predicted octanol–water partition coefficient (Wildman–Crippen LogP) is 5.16. The van der Waals surface area contributed by atoms with Gasteiger partial charge in [-0.15, -0.1) is 11.3 Å². The Hall–Kier alpha value is -0.160. The number of halogens is 1. The molecule has 18 heavy (non-hydrogen) atoms. The number of hydrogen-bond donors (Lipinski definition) is 1. The lowest BCUT2D eigenvalue weighted by atomic mass is 10.1. The van der Waals surface area contributed by atoms with Gasteiger partial charge in [0.25, 0.3) is 0 Å². The SMILES string of the molecule is CCNC(CCc1ccsc1)c1cc(C)c(Br)s1. The van der Waals surface area contributed by atoms with E-state index in [1.54, 1.807) is 11.3 Å². The van der Waals surface area contributed by atoms with Crippen molar-refractivity contribution in [3.63, 3.8) is 0 Å². The molecule has 0 bridgehead atoms. The monoisotopic (exact) mass is 343 g/mol. The van der Waals surface area contributed by atoms with Gasteiger partial charge in [0.05, 0.1) is 3.79 Å². The zero-order valence-electron chi connectivity index (χ0n) is 10.7. The van der Waals surface area contributed by atoms with E-state index in [9.17, 15) is 0 Å². The van der Waals surface area contributed by atoms with E-state index in [4.69, 9.17) is 0 Å². The summed E-state index contributed by atoms with van der Waals surface area (Å²) in [4.78, 5) is 1.44. The molecule has 1 unspecified atom stereocenters. The van der Waals surface area contributed by atoms with Crippen LogP contribution in [0.1, 0.15) is 35.4 Å². The van der Waals surface area contributed by atoms with Crippen LogP contribution in [-0.2, 0) is 6.42 Å².